The zero-order chi connectivity index (χ0) is 20.6. The zero-order valence-electron chi connectivity index (χ0n) is 17.6. The molecule has 0 saturated carbocycles. The van der Waals surface area contributed by atoms with Crippen molar-refractivity contribution in [2.45, 2.75) is 65.5 Å². The monoisotopic (exact) mass is 388 g/mol. The second kappa shape index (κ2) is 10.1. The number of nitrogens with one attached hydrogen (secondary N) is 1. The fraction of sp³-hybridized carbons (Fsp3) is 0.571. The van der Waals surface area contributed by atoms with Crippen LogP contribution in [0.2, 0.25) is 0 Å². The van der Waals surface area contributed by atoms with Crippen molar-refractivity contribution in [1.82, 2.24) is 20.1 Å². The Hall–Kier alpha value is -2.57. The summed E-state index contributed by atoms with van der Waals surface area (Å²) in [6.07, 6.45) is 3.01. The summed E-state index contributed by atoms with van der Waals surface area (Å²) < 4.78 is 12.3. The Balaban J connectivity index is 2.00. The van der Waals surface area contributed by atoms with Crippen molar-refractivity contribution in [2.24, 2.45) is 0 Å². The molecule has 0 aliphatic carbocycles. The highest BCUT2D eigenvalue weighted by molar-refractivity contribution is 5.68. The summed E-state index contributed by atoms with van der Waals surface area (Å²) in [6.45, 7) is 9.21. The first-order chi connectivity index (χ1) is 13.4. The number of carbonyl (C=O) groups excluding carboxylic acids is 1. The van der Waals surface area contributed by atoms with Gasteiger partial charge in [0, 0.05) is 24.1 Å². The van der Waals surface area contributed by atoms with Crippen LogP contribution in [0, 0.1) is 0 Å². The molecule has 1 aromatic heterocycles. The Labute approximate surface area is 167 Å². The van der Waals surface area contributed by atoms with Crippen molar-refractivity contribution < 1.29 is 14.3 Å². The van der Waals surface area contributed by atoms with E-state index in [0.29, 0.717) is 25.4 Å². The molecule has 0 aliphatic heterocycles. The van der Waals surface area contributed by atoms with Gasteiger partial charge >= 0.3 is 6.09 Å². The SMILES string of the molecule is CCCCOC(=O)NC(C)(C)CCn1nc(-c2ccc(OC)cc2)nc1CC. The van der Waals surface area contributed by atoms with Gasteiger partial charge in [0.05, 0.1) is 13.7 Å². The molecule has 28 heavy (non-hydrogen) atoms. The summed E-state index contributed by atoms with van der Waals surface area (Å²) in [5.41, 5.74) is 0.548. The molecule has 1 amide bonds. The predicted octanol–water partition coefficient (Wildman–Crippen LogP) is 4.21. The highest BCUT2D eigenvalue weighted by atomic mass is 16.5. The minimum Gasteiger partial charge on any atom is -0.497 e. The van der Waals surface area contributed by atoms with E-state index in [1.807, 2.05) is 42.8 Å². The van der Waals surface area contributed by atoms with Crippen molar-refractivity contribution >= 4 is 6.09 Å². The van der Waals surface area contributed by atoms with Gasteiger partial charge in [0.1, 0.15) is 11.6 Å². The molecule has 0 spiro atoms. The lowest BCUT2D eigenvalue weighted by Crippen LogP contribution is -2.44. The van der Waals surface area contributed by atoms with Crippen LogP contribution in [0.25, 0.3) is 11.4 Å². The van der Waals surface area contributed by atoms with Crippen LogP contribution in [-0.2, 0) is 17.7 Å². The maximum absolute atomic E-state index is 11.9. The average Bonchev–Trinajstić information content (AvgIpc) is 3.10. The molecule has 2 aromatic rings. The van der Waals surface area contributed by atoms with Gasteiger partial charge in [-0.15, -0.1) is 0 Å². The van der Waals surface area contributed by atoms with Crippen molar-refractivity contribution in [3.05, 3.63) is 30.1 Å². The van der Waals surface area contributed by atoms with Crippen LogP contribution in [0.15, 0.2) is 24.3 Å². The van der Waals surface area contributed by atoms with Crippen molar-refractivity contribution in [1.29, 1.82) is 0 Å². The van der Waals surface area contributed by atoms with Crippen LogP contribution in [0.3, 0.4) is 0 Å². The number of benzene rings is 1. The van der Waals surface area contributed by atoms with Crippen LogP contribution < -0.4 is 10.1 Å². The molecule has 0 bridgehead atoms. The summed E-state index contributed by atoms with van der Waals surface area (Å²) >= 11 is 0. The Morgan fingerprint density at radius 3 is 2.54 bits per heavy atom. The number of amides is 1. The molecule has 1 aromatic carbocycles. The van der Waals surface area contributed by atoms with Gasteiger partial charge < -0.3 is 14.8 Å². The van der Waals surface area contributed by atoms with Gasteiger partial charge in [-0.1, -0.05) is 20.3 Å². The van der Waals surface area contributed by atoms with Crippen LogP contribution in [0.4, 0.5) is 4.79 Å². The summed E-state index contributed by atoms with van der Waals surface area (Å²) in [5.74, 6) is 2.42. The van der Waals surface area contributed by atoms with Gasteiger partial charge in [0.25, 0.3) is 0 Å². The van der Waals surface area contributed by atoms with Crippen LogP contribution in [0.1, 0.15) is 52.8 Å². The van der Waals surface area contributed by atoms with Crippen LogP contribution in [-0.4, -0.2) is 40.1 Å². The van der Waals surface area contributed by atoms with Gasteiger partial charge in [-0.3, -0.25) is 0 Å². The predicted molar refractivity (Wildman–Crippen MR) is 109 cm³/mol. The number of aromatic nitrogens is 3. The second-order valence-electron chi connectivity index (χ2n) is 7.41. The first-order valence-corrected chi connectivity index (χ1v) is 9.91. The molecular weight excluding hydrogens is 356 g/mol. The maximum Gasteiger partial charge on any atom is 0.407 e. The van der Waals surface area contributed by atoms with Gasteiger partial charge in [0.15, 0.2) is 5.82 Å². The highest BCUT2D eigenvalue weighted by Crippen LogP contribution is 2.21. The minimum atomic E-state index is -0.402. The third-order valence-corrected chi connectivity index (χ3v) is 4.53. The molecule has 1 heterocycles. The third kappa shape index (κ3) is 6.25. The number of aryl methyl sites for hydroxylation is 2. The molecule has 0 radical (unpaired) electrons. The van der Waals surface area contributed by atoms with Gasteiger partial charge in [-0.05, 0) is 51.0 Å². The van der Waals surface area contributed by atoms with Crippen molar-refractivity contribution in [3.63, 3.8) is 0 Å². The topological polar surface area (TPSA) is 78.3 Å². The Morgan fingerprint density at radius 2 is 1.93 bits per heavy atom. The minimum absolute atomic E-state index is 0.369. The lowest BCUT2D eigenvalue weighted by atomic mass is 10.0. The summed E-state index contributed by atoms with van der Waals surface area (Å²) in [4.78, 5) is 16.6. The van der Waals surface area contributed by atoms with Gasteiger partial charge in [-0.2, -0.15) is 5.10 Å². The Bertz CT molecular complexity index is 754. The molecule has 154 valence electrons. The molecule has 0 unspecified atom stereocenters. The van der Waals surface area contributed by atoms with Gasteiger partial charge in [-0.25, -0.2) is 14.5 Å². The molecule has 7 nitrogen and oxygen atoms in total. The molecular formula is C21H32N4O3. The van der Waals surface area contributed by atoms with Crippen molar-refractivity contribution in [2.75, 3.05) is 13.7 Å². The molecule has 2 rings (SSSR count). The number of carbonyl (C=O) groups is 1. The van der Waals surface area contributed by atoms with E-state index in [2.05, 4.69) is 29.2 Å². The first kappa shape index (κ1) is 21.7. The number of methoxy groups -OCH3 is 1. The van der Waals surface area contributed by atoms with E-state index in [9.17, 15) is 4.79 Å². The fourth-order valence-electron chi connectivity index (χ4n) is 2.75. The average molecular weight is 389 g/mol. The number of rotatable bonds is 10. The van der Waals surface area contributed by atoms with E-state index < -0.39 is 5.54 Å². The zero-order valence-corrected chi connectivity index (χ0v) is 17.6. The number of hydrogen-bond donors (Lipinski definition) is 1. The molecule has 7 heteroatoms. The largest absolute Gasteiger partial charge is 0.497 e. The molecule has 0 aliphatic rings. The number of nitrogens with zero attached hydrogens (tertiary/aromatic N) is 3. The Morgan fingerprint density at radius 1 is 1.21 bits per heavy atom. The summed E-state index contributed by atoms with van der Waals surface area (Å²) in [7, 11) is 1.65. The van der Waals surface area contributed by atoms with Crippen LogP contribution in [0.5, 0.6) is 5.75 Å². The smallest absolute Gasteiger partial charge is 0.407 e. The maximum atomic E-state index is 11.9. The number of hydrogen-bond acceptors (Lipinski definition) is 5. The number of alkyl carbamates (subject to hydrolysis) is 1. The quantitative estimate of drug-likeness (QED) is 0.617. The fourth-order valence-corrected chi connectivity index (χ4v) is 2.75. The molecule has 0 atom stereocenters. The van der Waals surface area contributed by atoms with E-state index in [0.717, 1.165) is 36.4 Å². The Kier molecular flexibility index (Phi) is 7.84. The summed E-state index contributed by atoms with van der Waals surface area (Å²) in [6, 6.07) is 7.71. The van der Waals surface area contributed by atoms with Crippen molar-refractivity contribution in [3.8, 4) is 17.1 Å². The molecule has 1 N–H and O–H groups in total. The lowest BCUT2D eigenvalue weighted by Gasteiger charge is -2.26. The normalized spacial score (nSPS) is 11.3. The third-order valence-electron chi connectivity index (χ3n) is 4.53. The highest BCUT2D eigenvalue weighted by Gasteiger charge is 2.22. The van der Waals surface area contributed by atoms with E-state index in [1.54, 1.807) is 7.11 Å². The summed E-state index contributed by atoms with van der Waals surface area (Å²) in [5, 5.41) is 7.61. The van der Waals surface area contributed by atoms with Crippen LogP contribution >= 0.6 is 0 Å². The first-order valence-electron chi connectivity index (χ1n) is 9.91. The number of unbranched alkanes of at least 4 members (excludes halogenated alkanes) is 1. The van der Waals surface area contributed by atoms with E-state index in [1.165, 1.54) is 0 Å². The standard InChI is InChI=1S/C21H32N4O3/c1-6-8-15-28-20(26)23-21(3,4)13-14-25-18(7-2)22-19(24-25)16-9-11-17(27-5)12-10-16/h9-12H,6-8,13-15H2,1-5H3,(H,23,26). The van der Waals surface area contributed by atoms with Gasteiger partial charge in [0.2, 0.25) is 0 Å². The molecule has 0 saturated heterocycles. The van der Waals surface area contributed by atoms with E-state index in [-0.39, 0.29) is 6.09 Å². The van der Waals surface area contributed by atoms with E-state index >= 15 is 0 Å². The molecule has 0 fully saturated rings. The van der Waals surface area contributed by atoms with E-state index in [4.69, 9.17) is 9.47 Å². The lowest BCUT2D eigenvalue weighted by molar-refractivity contribution is 0.132. The second-order valence-corrected chi connectivity index (χ2v) is 7.41. The number of ether oxygens (including phenoxy) is 2.